The van der Waals surface area contributed by atoms with Gasteiger partial charge < -0.3 is 15.0 Å². The van der Waals surface area contributed by atoms with E-state index in [1.54, 1.807) is 0 Å². The number of benzene rings is 1. The molecule has 2 aromatic heterocycles. The first-order chi connectivity index (χ1) is 12.0. The maximum Gasteiger partial charge on any atom is 0.325 e. The van der Waals surface area contributed by atoms with Crippen molar-refractivity contribution in [3.8, 4) is 5.69 Å². The zero-order valence-electron chi connectivity index (χ0n) is 13.7. The number of aromatic nitrogens is 3. The van der Waals surface area contributed by atoms with E-state index in [0.29, 0.717) is 5.56 Å². The molecule has 0 saturated carbocycles. The molecule has 7 heteroatoms. The lowest BCUT2D eigenvalue weighted by Crippen LogP contribution is -2.26. The number of carboxylic acid groups (broad SMARTS) is 1. The highest BCUT2D eigenvalue weighted by Gasteiger charge is 2.14. The van der Waals surface area contributed by atoms with Gasteiger partial charge >= 0.3 is 5.97 Å². The van der Waals surface area contributed by atoms with Crippen LogP contribution in [0.3, 0.4) is 0 Å². The number of nitrogens with zero attached hydrogens (tertiary/aromatic N) is 3. The third kappa shape index (κ3) is 3.95. The van der Waals surface area contributed by atoms with E-state index in [0.717, 1.165) is 11.3 Å². The highest BCUT2D eigenvalue weighted by atomic mass is 16.4. The fraction of sp³-hybridized carbons (Fsp3) is 0.167. The first-order valence-corrected chi connectivity index (χ1v) is 7.81. The molecule has 0 fully saturated rings. The summed E-state index contributed by atoms with van der Waals surface area (Å²) in [5, 5.41) is 15.5. The second-order valence-corrected chi connectivity index (χ2v) is 5.70. The number of hydrogen-bond donors (Lipinski definition) is 2. The van der Waals surface area contributed by atoms with E-state index >= 15 is 0 Å². The molecule has 2 N–H and O–H groups in total. The summed E-state index contributed by atoms with van der Waals surface area (Å²) >= 11 is 0. The van der Waals surface area contributed by atoms with E-state index in [1.165, 1.54) is 17.1 Å². The first-order valence-electron chi connectivity index (χ1n) is 7.81. The molecule has 0 spiro atoms. The molecule has 0 bridgehead atoms. The van der Waals surface area contributed by atoms with Crippen molar-refractivity contribution in [3.63, 3.8) is 0 Å². The molecule has 0 radical (unpaired) electrons. The van der Waals surface area contributed by atoms with Crippen molar-refractivity contribution >= 4 is 11.9 Å². The minimum atomic E-state index is -1.01. The van der Waals surface area contributed by atoms with Crippen LogP contribution in [0.15, 0.2) is 61.2 Å². The smallest absolute Gasteiger partial charge is 0.325 e. The minimum absolute atomic E-state index is 0.203. The average Bonchev–Trinajstić information content (AvgIpc) is 3.26. The highest BCUT2D eigenvalue weighted by Crippen LogP contribution is 2.17. The number of aliphatic carboxylic acids is 1. The lowest BCUT2D eigenvalue weighted by atomic mass is 10.1. The largest absolute Gasteiger partial charge is 0.480 e. The van der Waals surface area contributed by atoms with Gasteiger partial charge in [-0.2, -0.15) is 5.10 Å². The molecule has 7 nitrogen and oxygen atoms in total. The molecule has 1 unspecified atom stereocenters. The molecule has 1 atom stereocenters. The summed E-state index contributed by atoms with van der Waals surface area (Å²) < 4.78 is 3.21. The van der Waals surface area contributed by atoms with Gasteiger partial charge in [0.15, 0.2) is 0 Å². The Morgan fingerprint density at radius 2 is 2.00 bits per heavy atom. The van der Waals surface area contributed by atoms with Gasteiger partial charge in [0.1, 0.15) is 6.54 Å². The van der Waals surface area contributed by atoms with Gasteiger partial charge in [-0.3, -0.25) is 14.3 Å². The Morgan fingerprint density at radius 1 is 1.24 bits per heavy atom. The van der Waals surface area contributed by atoms with Gasteiger partial charge in [-0.25, -0.2) is 0 Å². The van der Waals surface area contributed by atoms with Gasteiger partial charge in [0.25, 0.3) is 5.91 Å². The van der Waals surface area contributed by atoms with Crippen LogP contribution in [-0.2, 0) is 11.3 Å². The molecule has 128 valence electrons. The van der Waals surface area contributed by atoms with Gasteiger partial charge in [0.05, 0.1) is 17.8 Å². The van der Waals surface area contributed by atoms with Crippen molar-refractivity contribution in [1.82, 2.24) is 19.7 Å². The Labute approximate surface area is 144 Å². The van der Waals surface area contributed by atoms with E-state index in [2.05, 4.69) is 10.4 Å². The Bertz CT molecular complexity index is 883. The zero-order chi connectivity index (χ0) is 17.8. The SMILES string of the molecule is CC(NC(=O)c1cnn(CC(=O)O)c1)c1cccc(-n2cccc2)c1. The summed E-state index contributed by atoms with van der Waals surface area (Å²) in [5.74, 6) is -1.30. The van der Waals surface area contributed by atoms with Crippen LogP contribution in [0.1, 0.15) is 28.9 Å². The van der Waals surface area contributed by atoms with Crippen LogP contribution in [0.4, 0.5) is 0 Å². The maximum absolute atomic E-state index is 12.3. The van der Waals surface area contributed by atoms with Gasteiger partial charge in [-0.1, -0.05) is 12.1 Å². The van der Waals surface area contributed by atoms with Crippen molar-refractivity contribution in [2.45, 2.75) is 19.5 Å². The summed E-state index contributed by atoms with van der Waals surface area (Å²) in [5.41, 5.74) is 2.31. The summed E-state index contributed by atoms with van der Waals surface area (Å²) in [6.07, 6.45) is 6.70. The first kappa shape index (κ1) is 16.5. The lowest BCUT2D eigenvalue weighted by molar-refractivity contribution is -0.137. The summed E-state index contributed by atoms with van der Waals surface area (Å²) in [7, 11) is 0. The molecule has 1 amide bonds. The van der Waals surface area contributed by atoms with Crippen molar-refractivity contribution in [3.05, 3.63) is 72.3 Å². The topological polar surface area (TPSA) is 89.2 Å². The number of amides is 1. The number of nitrogens with one attached hydrogen (secondary N) is 1. The van der Waals surface area contributed by atoms with Crippen LogP contribution < -0.4 is 5.32 Å². The summed E-state index contributed by atoms with van der Waals surface area (Å²) in [6.45, 7) is 1.62. The number of carbonyl (C=O) groups excluding carboxylic acids is 1. The van der Waals surface area contributed by atoms with Crippen molar-refractivity contribution in [2.24, 2.45) is 0 Å². The average molecular weight is 338 g/mol. The van der Waals surface area contributed by atoms with Crippen molar-refractivity contribution < 1.29 is 14.7 Å². The van der Waals surface area contributed by atoms with E-state index in [9.17, 15) is 9.59 Å². The van der Waals surface area contributed by atoms with E-state index < -0.39 is 5.97 Å². The van der Waals surface area contributed by atoms with Gasteiger partial charge in [0, 0.05) is 24.3 Å². The quantitative estimate of drug-likeness (QED) is 0.721. The Morgan fingerprint density at radius 3 is 2.72 bits per heavy atom. The van der Waals surface area contributed by atoms with E-state index in [1.807, 2.05) is 60.3 Å². The van der Waals surface area contributed by atoms with Gasteiger partial charge in [0.2, 0.25) is 0 Å². The zero-order valence-corrected chi connectivity index (χ0v) is 13.7. The predicted octanol–water partition coefficient (Wildman–Crippen LogP) is 2.25. The van der Waals surface area contributed by atoms with Gasteiger partial charge in [-0.15, -0.1) is 0 Å². The Kier molecular flexibility index (Phi) is 4.65. The molecular formula is C18H18N4O3. The highest BCUT2D eigenvalue weighted by molar-refractivity contribution is 5.94. The molecule has 0 saturated heterocycles. The van der Waals surface area contributed by atoms with E-state index in [4.69, 9.17) is 5.11 Å². The molecule has 3 rings (SSSR count). The molecular weight excluding hydrogens is 320 g/mol. The molecule has 25 heavy (non-hydrogen) atoms. The van der Waals surface area contributed by atoms with Crippen molar-refractivity contribution in [2.75, 3.05) is 0 Å². The maximum atomic E-state index is 12.3. The predicted molar refractivity (Wildman–Crippen MR) is 91.5 cm³/mol. The van der Waals surface area contributed by atoms with Crippen LogP contribution in [0, 0.1) is 0 Å². The molecule has 1 aromatic carbocycles. The summed E-state index contributed by atoms with van der Waals surface area (Å²) in [6, 6.07) is 11.6. The number of carboxylic acids is 1. The normalized spacial score (nSPS) is 11.9. The second-order valence-electron chi connectivity index (χ2n) is 5.70. The Hall–Kier alpha value is -3.35. The van der Waals surface area contributed by atoms with Crippen molar-refractivity contribution in [1.29, 1.82) is 0 Å². The van der Waals surface area contributed by atoms with Crippen LogP contribution in [-0.4, -0.2) is 31.3 Å². The fourth-order valence-electron chi connectivity index (χ4n) is 2.53. The van der Waals surface area contributed by atoms with Gasteiger partial charge in [-0.05, 0) is 36.8 Å². The standard InChI is InChI=1S/C18H18N4O3/c1-13(14-5-4-6-16(9-14)21-7-2-3-8-21)20-18(25)15-10-19-22(11-15)12-17(23)24/h2-11,13H,12H2,1H3,(H,20,25)(H,23,24). The number of rotatable bonds is 6. The van der Waals surface area contributed by atoms with Crippen LogP contribution in [0.25, 0.3) is 5.69 Å². The van der Waals surface area contributed by atoms with E-state index in [-0.39, 0.29) is 18.5 Å². The minimum Gasteiger partial charge on any atom is -0.480 e. The third-order valence-electron chi connectivity index (χ3n) is 3.81. The lowest BCUT2D eigenvalue weighted by Gasteiger charge is -2.15. The fourth-order valence-corrected chi connectivity index (χ4v) is 2.53. The molecule has 0 aliphatic heterocycles. The Balaban J connectivity index is 1.70. The number of carbonyl (C=O) groups is 2. The molecule has 3 aromatic rings. The number of hydrogen-bond acceptors (Lipinski definition) is 3. The third-order valence-corrected chi connectivity index (χ3v) is 3.81. The second kappa shape index (κ2) is 7.04. The molecule has 0 aliphatic carbocycles. The summed E-state index contributed by atoms with van der Waals surface area (Å²) in [4.78, 5) is 23.0. The van der Waals surface area contributed by atoms with Crippen LogP contribution >= 0.6 is 0 Å². The van der Waals surface area contributed by atoms with Crippen LogP contribution in [0.2, 0.25) is 0 Å². The molecule has 0 aliphatic rings. The molecule has 2 heterocycles. The van der Waals surface area contributed by atoms with Crippen LogP contribution in [0.5, 0.6) is 0 Å². The monoisotopic (exact) mass is 338 g/mol.